The number of hydrogen-bond donors (Lipinski definition) is 2. The molecule has 1 aromatic heterocycles. The number of rotatable bonds is 2. The van der Waals surface area contributed by atoms with Gasteiger partial charge in [-0.3, -0.25) is 0 Å². The molecule has 1 aliphatic rings. The second-order valence-electron chi connectivity index (χ2n) is 5.49. The van der Waals surface area contributed by atoms with Crippen LogP contribution in [0.25, 0.3) is 0 Å². The zero-order valence-corrected chi connectivity index (χ0v) is 10.9. The molecule has 2 unspecified atom stereocenters. The van der Waals surface area contributed by atoms with Crippen LogP contribution in [0, 0.1) is 12.3 Å². The molecule has 2 N–H and O–H groups in total. The minimum atomic E-state index is -4.49. The maximum Gasteiger partial charge on any atom is 0.433 e. The van der Waals surface area contributed by atoms with E-state index in [0.29, 0.717) is 6.42 Å². The molecule has 106 valence electrons. The van der Waals surface area contributed by atoms with Gasteiger partial charge in [-0.05, 0) is 19.4 Å². The lowest BCUT2D eigenvalue weighted by molar-refractivity contribution is -0.141. The zero-order chi connectivity index (χ0) is 14.4. The van der Waals surface area contributed by atoms with Gasteiger partial charge >= 0.3 is 6.18 Å². The standard InChI is InChI=1S/C12H16F3N3O/c1-6-4-8(12(13,14)15)18-10(16-6)17-7-5-9(19)11(7,2)3/h4,7,9,19H,5H2,1-3H3,(H,16,17,18). The molecule has 1 saturated carbocycles. The van der Waals surface area contributed by atoms with Gasteiger partial charge in [0, 0.05) is 17.2 Å². The Balaban J connectivity index is 2.20. The lowest BCUT2D eigenvalue weighted by atomic mass is 9.65. The van der Waals surface area contributed by atoms with E-state index in [9.17, 15) is 18.3 Å². The Morgan fingerprint density at radius 1 is 1.37 bits per heavy atom. The number of hydrogen-bond acceptors (Lipinski definition) is 4. The molecular formula is C12H16F3N3O. The molecule has 19 heavy (non-hydrogen) atoms. The SMILES string of the molecule is Cc1cc(C(F)(F)F)nc(NC2CC(O)C2(C)C)n1. The number of aryl methyl sites for hydroxylation is 1. The molecule has 1 aromatic rings. The van der Waals surface area contributed by atoms with Gasteiger partial charge in [-0.25, -0.2) is 9.97 Å². The number of alkyl halides is 3. The highest BCUT2D eigenvalue weighted by molar-refractivity contribution is 5.33. The number of nitrogens with zero attached hydrogens (tertiary/aromatic N) is 2. The lowest BCUT2D eigenvalue weighted by Gasteiger charge is -2.49. The molecule has 0 amide bonds. The average molecular weight is 275 g/mol. The van der Waals surface area contributed by atoms with Crippen molar-refractivity contribution in [1.82, 2.24) is 9.97 Å². The average Bonchev–Trinajstić information content (AvgIpc) is 2.27. The number of aliphatic hydroxyl groups excluding tert-OH is 1. The summed E-state index contributed by atoms with van der Waals surface area (Å²) in [6.07, 6.45) is -4.47. The summed E-state index contributed by atoms with van der Waals surface area (Å²) in [5.74, 6) is -0.0442. The summed E-state index contributed by atoms with van der Waals surface area (Å²) < 4.78 is 37.9. The summed E-state index contributed by atoms with van der Waals surface area (Å²) in [5.41, 5.74) is -1.10. The van der Waals surface area contributed by atoms with Crippen molar-refractivity contribution in [3.05, 3.63) is 17.5 Å². The first-order valence-corrected chi connectivity index (χ1v) is 5.98. The van der Waals surface area contributed by atoms with E-state index in [1.54, 1.807) is 0 Å². The molecule has 0 bridgehead atoms. The Labute approximate surface area is 109 Å². The normalized spacial score (nSPS) is 25.8. The van der Waals surface area contributed by atoms with E-state index in [1.807, 2.05) is 13.8 Å². The minimum Gasteiger partial charge on any atom is -0.392 e. The van der Waals surface area contributed by atoms with E-state index in [-0.39, 0.29) is 17.7 Å². The maximum atomic E-state index is 12.6. The number of nitrogens with one attached hydrogen (secondary N) is 1. The molecule has 0 saturated heterocycles. The van der Waals surface area contributed by atoms with Crippen molar-refractivity contribution in [2.75, 3.05) is 5.32 Å². The third-order valence-electron chi connectivity index (χ3n) is 3.66. The van der Waals surface area contributed by atoms with Crippen LogP contribution >= 0.6 is 0 Å². The topological polar surface area (TPSA) is 58.0 Å². The molecule has 2 atom stereocenters. The monoisotopic (exact) mass is 275 g/mol. The first-order chi connectivity index (χ1) is 8.60. The van der Waals surface area contributed by atoms with Crippen LogP contribution in [0.15, 0.2) is 6.07 Å². The molecule has 1 aliphatic carbocycles. The van der Waals surface area contributed by atoms with E-state index >= 15 is 0 Å². The van der Waals surface area contributed by atoms with Gasteiger partial charge in [0.1, 0.15) is 5.69 Å². The quantitative estimate of drug-likeness (QED) is 0.870. The summed E-state index contributed by atoms with van der Waals surface area (Å²) in [5, 5.41) is 12.5. The van der Waals surface area contributed by atoms with Crippen molar-refractivity contribution in [2.24, 2.45) is 5.41 Å². The Morgan fingerprint density at radius 3 is 2.47 bits per heavy atom. The largest absolute Gasteiger partial charge is 0.433 e. The molecule has 4 nitrogen and oxygen atoms in total. The summed E-state index contributed by atoms with van der Waals surface area (Å²) in [4.78, 5) is 7.44. The van der Waals surface area contributed by atoms with Crippen LogP contribution in [0.5, 0.6) is 0 Å². The lowest BCUT2D eigenvalue weighted by Crippen LogP contribution is -2.57. The predicted octanol–water partition coefficient (Wildman–Crippen LogP) is 2.38. The van der Waals surface area contributed by atoms with Gasteiger partial charge < -0.3 is 10.4 Å². The highest BCUT2D eigenvalue weighted by Crippen LogP contribution is 2.42. The number of halogens is 3. The second kappa shape index (κ2) is 4.33. The highest BCUT2D eigenvalue weighted by Gasteiger charge is 2.47. The van der Waals surface area contributed by atoms with Crippen LogP contribution in [-0.4, -0.2) is 27.2 Å². The Morgan fingerprint density at radius 2 is 2.00 bits per heavy atom. The van der Waals surface area contributed by atoms with E-state index in [4.69, 9.17) is 0 Å². The number of aliphatic hydroxyl groups is 1. The van der Waals surface area contributed by atoms with Crippen LogP contribution in [0.3, 0.4) is 0 Å². The van der Waals surface area contributed by atoms with Crippen molar-refractivity contribution in [2.45, 2.75) is 45.5 Å². The number of aromatic nitrogens is 2. The van der Waals surface area contributed by atoms with Crippen molar-refractivity contribution < 1.29 is 18.3 Å². The third-order valence-corrected chi connectivity index (χ3v) is 3.66. The van der Waals surface area contributed by atoms with Crippen LogP contribution in [0.1, 0.15) is 31.7 Å². The first-order valence-electron chi connectivity index (χ1n) is 5.98. The summed E-state index contributed by atoms with van der Waals surface area (Å²) >= 11 is 0. The fraction of sp³-hybridized carbons (Fsp3) is 0.667. The highest BCUT2D eigenvalue weighted by atomic mass is 19.4. The van der Waals surface area contributed by atoms with Gasteiger partial charge in [0.25, 0.3) is 0 Å². The Hall–Kier alpha value is -1.37. The summed E-state index contributed by atoms with van der Waals surface area (Å²) in [6, 6.07) is 0.775. The summed E-state index contributed by atoms with van der Waals surface area (Å²) in [7, 11) is 0. The third kappa shape index (κ3) is 2.65. The molecule has 1 heterocycles. The van der Waals surface area contributed by atoms with Gasteiger partial charge in [-0.2, -0.15) is 13.2 Å². The smallest absolute Gasteiger partial charge is 0.392 e. The molecule has 0 aliphatic heterocycles. The molecule has 1 fully saturated rings. The minimum absolute atomic E-state index is 0.0442. The van der Waals surface area contributed by atoms with E-state index < -0.39 is 23.4 Å². The Bertz CT molecular complexity index is 488. The molecule has 0 spiro atoms. The van der Waals surface area contributed by atoms with Crippen molar-refractivity contribution in [3.8, 4) is 0 Å². The Kier molecular flexibility index (Phi) is 3.20. The van der Waals surface area contributed by atoms with Crippen LogP contribution in [-0.2, 0) is 6.18 Å². The molecular weight excluding hydrogens is 259 g/mol. The molecule has 2 rings (SSSR count). The maximum absolute atomic E-state index is 12.6. The zero-order valence-electron chi connectivity index (χ0n) is 10.9. The van der Waals surface area contributed by atoms with Crippen molar-refractivity contribution in [3.63, 3.8) is 0 Å². The predicted molar refractivity (Wildman–Crippen MR) is 63.6 cm³/mol. The molecule has 0 radical (unpaired) electrons. The fourth-order valence-corrected chi connectivity index (χ4v) is 2.08. The van der Waals surface area contributed by atoms with Gasteiger partial charge in [0.2, 0.25) is 5.95 Å². The fourth-order valence-electron chi connectivity index (χ4n) is 2.08. The van der Waals surface area contributed by atoms with Crippen molar-refractivity contribution >= 4 is 5.95 Å². The van der Waals surface area contributed by atoms with Crippen LogP contribution in [0.4, 0.5) is 19.1 Å². The van der Waals surface area contributed by atoms with E-state index in [2.05, 4.69) is 15.3 Å². The van der Waals surface area contributed by atoms with Gasteiger partial charge in [-0.1, -0.05) is 13.8 Å². The summed E-state index contributed by atoms with van der Waals surface area (Å²) in [6.45, 7) is 5.18. The van der Waals surface area contributed by atoms with Crippen LogP contribution < -0.4 is 5.32 Å². The first kappa shape index (κ1) is 14.0. The molecule has 7 heteroatoms. The van der Waals surface area contributed by atoms with Crippen LogP contribution in [0.2, 0.25) is 0 Å². The number of anilines is 1. The van der Waals surface area contributed by atoms with Gasteiger partial charge in [-0.15, -0.1) is 0 Å². The van der Waals surface area contributed by atoms with Crippen molar-refractivity contribution in [1.29, 1.82) is 0 Å². The molecule has 0 aromatic carbocycles. The second-order valence-corrected chi connectivity index (χ2v) is 5.49. The van der Waals surface area contributed by atoms with E-state index in [0.717, 1.165) is 6.07 Å². The van der Waals surface area contributed by atoms with Gasteiger partial charge in [0.15, 0.2) is 0 Å². The van der Waals surface area contributed by atoms with E-state index in [1.165, 1.54) is 6.92 Å². The van der Waals surface area contributed by atoms with Gasteiger partial charge in [0.05, 0.1) is 6.10 Å².